The molecule has 0 atom stereocenters. The molecule has 0 amide bonds. The van der Waals surface area contributed by atoms with Gasteiger partial charge in [-0.05, 0) is 17.9 Å². The highest BCUT2D eigenvalue weighted by molar-refractivity contribution is 5.51. The quantitative estimate of drug-likeness (QED) is 0.630. The second-order valence-corrected chi connectivity index (χ2v) is 2.94. The fourth-order valence-corrected chi connectivity index (χ4v) is 0.920. The molecule has 63 valence electrons. The SMILES string of the molecule is CC[C](C)/C=C/c1ccccc1. The van der Waals surface area contributed by atoms with Crippen molar-refractivity contribution in [2.24, 2.45) is 0 Å². The first-order valence-electron chi connectivity index (χ1n) is 4.38. The maximum absolute atomic E-state index is 2.18. The average molecular weight is 159 g/mol. The van der Waals surface area contributed by atoms with Gasteiger partial charge in [0.2, 0.25) is 0 Å². The van der Waals surface area contributed by atoms with Crippen LogP contribution in [0.4, 0.5) is 0 Å². The van der Waals surface area contributed by atoms with E-state index < -0.39 is 0 Å². The molecule has 0 aromatic heterocycles. The van der Waals surface area contributed by atoms with Crippen LogP contribution in [0.25, 0.3) is 6.08 Å². The van der Waals surface area contributed by atoms with Gasteiger partial charge in [0.1, 0.15) is 0 Å². The summed E-state index contributed by atoms with van der Waals surface area (Å²) in [4.78, 5) is 0. The first-order chi connectivity index (χ1) is 5.83. The number of allylic oxidation sites excluding steroid dienone is 1. The van der Waals surface area contributed by atoms with Gasteiger partial charge in [0, 0.05) is 0 Å². The summed E-state index contributed by atoms with van der Waals surface area (Å²) in [5, 5.41) is 0. The third-order valence-corrected chi connectivity index (χ3v) is 1.92. The molecule has 1 aromatic carbocycles. The van der Waals surface area contributed by atoms with E-state index in [1.807, 2.05) is 6.07 Å². The summed E-state index contributed by atoms with van der Waals surface area (Å²) in [5.74, 6) is 1.42. The Morgan fingerprint density at radius 3 is 2.50 bits per heavy atom. The second-order valence-electron chi connectivity index (χ2n) is 2.94. The van der Waals surface area contributed by atoms with Crippen LogP contribution >= 0.6 is 0 Å². The molecule has 0 saturated heterocycles. The van der Waals surface area contributed by atoms with Gasteiger partial charge in [0.25, 0.3) is 0 Å². The molecule has 0 aliphatic carbocycles. The Hall–Kier alpha value is -1.04. The number of hydrogen-bond acceptors (Lipinski definition) is 0. The van der Waals surface area contributed by atoms with Crippen molar-refractivity contribution < 1.29 is 0 Å². The van der Waals surface area contributed by atoms with Crippen LogP contribution in [0.3, 0.4) is 0 Å². The van der Waals surface area contributed by atoms with Crippen LogP contribution in [0.15, 0.2) is 36.4 Å². The Balaban J connectivity index is 2.58. The minimum atomic E-state index is 1.13. The van der Waals surface area contributed by atoms with Gasteiger partial charge in [0.05, 0.1) is 0 Å². The Morgan fingerprint density at radius 1 is 1.25 bits per heavy atom. The van der Waals surface area contributed by atoms with Crippen molar-refractivity contribution in [2.45, 2.75) is 20.3 Å². The van der Waals surface area contributed by atoms with Crippen molar-refractivity contribution in [1.82, 2.24) is 0 Å². The van der Waals surface area contributed by atoms with Gasteiger partial charge < -0.3 is 0 Å². The zero-order chi connectivity index (χ0) is 8.81. The molecule has 0 nitrogen and oxygen atoms in total. The van der Waals surface area contributed by atoms with E-state index in [0.29, 0.717) is 0 Å². The second kappa shape index (κ2) is 4.76. The van der Waals surface area contributed by atoms with Gasteiger partial charge in [0.15, 0.2) is 0 Å². The van der Waals surface area contributed by atoms with E-state index in [9.17, 15) is 0 Å². The molecule has 1 radical (unpaired) electrons. The molecule has 0 saturated carbocycles. The third-order valence-electron chi connectivity index (χ3n) is 1.92. The first-order valence-corrected chi connectivity index (χ1v) is 4.38. The summed E-state index contributed by atoms with van der Waals surface area (Å²) in [7, 11) is 0. The Labute approximate surface area is 74.9 Å². The molecule has 12 heavy (non-hydrogen) atoms. The standard InChI is InChI=1S/C12H15/c1-3-11(2)9-10-12-7-5-4-6-8-12/h4-10H,3H2,1-2H3/b10-9+. The van der Waals surface area contributed by atoms with Crippen molar-refractivity contribution in [3.05, 3.63) is 47.9 Å². The Kier molecular flexibility index (Phi) is 3.59. The fraction of sp³-hybridized carbons (Fsp3) is 0.250. The van der Waals surface area contributed by atoms with E-state index in [4.69, 9.17) is 0 Å². The smallest absolute Gasteiger partial charge is 0.00575 e. The van der Waals surface area contributed by atoms with E-state index >= 15 is 0 Å². The van der Waals surface area contributed by atoms with Gasteiger partial charge in [-0.3, -0.25) is 0 Å². The summed E-state index contributed by atoms with van der Waals surface area (Å²) in [6.07, 6.45) is 5.46. The highest BCUT2D eigenvalue weighted by Crippen LogP contribution is 2.09. The maximum Gasteiger partial charge on any atom is -0.00575 e. The predicted molar refractivity (Wildman–Crippen MR) is 54.7 cm³/mol. The van der Waals surface area contributed by atoms with Crippen LogP contribution in [-0.4, -0.2) is 0 Å². The van der Waals surface area contributed by atoms with E-state index in [-0.39, 0.29) is 0 Å². The highest BCUT2D eigenvalue weighted by Gasteiger charge is 1.90. The molecule has 0 aliphatic heterocycles. The lowest BCUT2D eigenvalue weighted by Crippen LogP contribution is -1.80. The van der Waals surface area contributed by atoms with Gasteiger partial charge in [-0.1, -0.05) is 56.3 Å². The summed E-state index contributed by atoms with van der Waals surface area (Å²) >= 11 is 0. The van der Waals surface area contributed by atoms with Crippen molar-refractivity contribution in [1.29, 1.82) is 0 Å². The number of rotatable bonds is 3. The lowest BCUT2D eigenvalue weighted by atomic mass is 10.1. The van der Waals surface area contributed by atoms with E-state index in [1.54, 1.807) is 0 Å². The largest absolute Gasteiger partial charge is 0.0771 e. The van der Waals surface area contributed by atoms with Gasteiger partial charge in [-0.15, -0.1) is 0 Å². The predicted octanol–water partition coefficient (Wildman–Crippen LogP) is 3.70. The molecule has 0 heterocycles. The van der Waals surface area contributed by atoms with Crippen LogP contribution < -0.4 is 0 Å². The molecule has 0 bridgehead atoms. The van der Waals surface area contributed by atoms with E-state index in [0.717, 1.165) is 6.42 Å². The first kappa shape index (κ1) is 9.05. The van der Waals surface area contributed by atoms with Crippen LogP contribution in [-0.2, 0) is 0 Å². The molecule has 0 spiro atoms. The minimum absolute atomic E-state index is 1.13. The molecule has 1 aromatic rings. The molecular weight excluding hydrogens is 144 g/mol. The number of benzene rings is 1. The summed E-state index contributed by atoms with van der Waals surface area (Å²) < 4.78 is 0. The van der Waals surface area contributed by atoms with Crippen molar-refractivity contribution in [3.63, 3.8) is 0 Å². The topological polar surface area (TPSA) is 0 Å². The zero-order valence-electron chi connectivity index (χ0n) is 7.75. The van der Waals surface area contributed by atoms with Crippen LogP contribution in [0.5, 0.6) is 0 Å². The lowest BCUT2D eigenvalue weighted by molar-refractivity contribution is 0.988. The van der Waals surface area contributed by atoms with E-state index in [2.05, 4.69) is 50.3 Å². The normalized spacial score (nSPS) is 11.2. The molecule has 0 unspecified atom stereocenters. The molecule has 1 rings (SSSR count). The van der Waals surface area contributed by atoms with Gasteiger partial charge in [-0.25, -0.2) is 0 Å². The van der Waals surface area contributed by atoms with Gasteiger partial charge >= 0.3 is 0 Å². The Bertz CT molecular complexity index is 233. The molecule has 0 fully saturated rings. The fourth-order valence-electron chi connectivity index (χ4n) is 0.920. The molecule has 0 aliphatic rings. The minimum Gasteiger partial charge on any atom is -0.0771 e. The van der Waals surface area contributed by atoms with Crippen molar-refractivity contribution in [3.8, 4) is 0 Å². The third kappa shape index (κ3) is 2.91. The molecule has 0 heteroatoms. The highest BCUT2D eigenvalue weighted by atomic mass is 14.0. The summed E-state index contributed by atoms with van der Waals surface area (Å²) in [5.41, 5.74) is 1.27. The van der Waals surface area contributed by atoms with Crippen molar-refractivity contribution >= 4 is 6.08 Å². The van der Waals surface area contributed by atoms with E-state index in [1.165, 1.54) is 11.5 Å². The molecular formula is C12H15. The van der Waals surface area contributed by atoms with Crippen LogP contribution in [0.2, 0.25) is 0 Å². The lowest BCUT2D eigenvalue weighted by Gasteiger charge is -1.98. The monoisotopic (exact) mass is 159 g/mol. The summed E-state index contributed by atoms with van der Waals surface area (Å²) in [6, 6.07) is 10.4. The summed E-state index contributed by atoms with van der Waals surface area (Å²) in [6.45, 7) is 4.32. The van der Waals surface area contributed by atoms with Crippen LogP contribution in [0, 0.1) is 5.92 Å². The maximum atomic E-state index is 2.18. The average Bonchev–Trinajstić information content (AvgIpc) is 2.16. The number of hydrogen-bond donors (Lipinski definition) is 0. The molecule has 0 N–H and O–H groups in total. The zero-order valence-corrected chi connectivity index (χ0v) is 7.75. The Morgan fingerprint density at radius 2 is 1.92 bits per heavy atom. The van der Waals surface area contributed by atoms with Crippen LogP contribution in [0.1, 0.15) is 25.8 Å². The van der Waals surface area contributed by atoms with Gasteiger partial charge in [-0.2, -0.15) is 0 Å². The van der Waals surface area contributed by atoms with Crippen molar-refractivity contribution in [2.75, 3.05) is 0 Å².